The van der Waals surface area contributed by atoms with Crippen LogP contribution in [-0.4, -0.2) is 241 Å². The van der Waals surface area contributed by atoms with Crippen LogP contribution in [0.25, 0.3) is 0 Å². The summed E-state index contributed by atoms with van der Waals surface area (Å²) in [6.07, 6.45) is -0.593. The first-order chi connectivity index (χ1) is 42.0. The van der Waals surface area contributed by atoms with Crippen molar-refractivity contribution < 1.29 is 71.8 Å². The van der Waals surface area contributed by atoms with Crippen LogP contribution in [0.3, 0.4) is 0 Å². The molecule has 0 aromatic heterocycles. The highest BCUT2D eigenvalue weighted by atomic mass is 16.5. The smallest absolute Gasteiger partial charge is 0.305 e. The molecule has 0 spiro atoms. The summed E-state index contributed by atoms with van der Waals surface area (Å²) in [4.78, 5) is 195. The van der Waals surface area contributed by atoms with Crippen molar-refractivity contribution in [1.82, 2.24) is 55.6 Å². The minimum absolute atomic E-state index is 0.0249. The molecule has 0 aliphatic carbocycles. The Hall–Kier alpha value is -6.89. The number of nitrogens with zero attached hydrogens (tertiary/aromatic N) is 7. The molecule has 520 valence electrons. The Labute approximate surface area is 542 Å². The molecule has 91 heavy (non-hydrogen) atoms. The molecule has 1 aliphatic heterocycles. The van der Waals surface area contributed by atoms with Gasteiger partial charge in [0.05, 0.1) is 13.7 Å². The summed E-state index contributed by atoms with van der Waals surface area (Å²) in [6.45, 7) is 28.3. The van der Waals surface area contributed by atoms with E-state index in [9.17, 15) is 43.2 Å². The molecule has 1 aliphatic rings. The minimum atomic E-state index is -1.70. The topological polar surface area (TPSA) is 311 Å². The largest absolute Gasteiger partial charge is 0.469 e. The summed E-state index contributed by atoms with van der Waals surface area (Å²) in [5.41, 5.74) is 0. The normalized spacial score (nSPS) is 25.7. The lowest BCUT2D eigenvalue weighted by Crippen LogP contribution is -2.64. The van der Waals surface area contributed by atoms with Crippen LogP contribution >= 0.6 is 0 Å². The third kappa shape index (κ3) is 23.9. The summed E-state index contributed by atoms with van der Waals surface area (Å²) < 4.78 is 10.8. The van der Waals surface area contributed by atoms with Crippen LogP contribution in [0, 0.1) is 41.4 Å². The highest BCUT2D eigenvalue weighted by Crippen LogP contribution is 2.27. The number of hydrogen-bond donors (Lipinski definition) is 4. The van der Waals surface area contributed by atoms with Gasteiger partial charge in [-0.15, -0.1) is 0 Å². The van der Waals surface area contributed by atoms with E-state index in [0.717, 1.165) is 16.7 Å². The molecule has 1 saturated heterocycles. The highest BCUT2D eigenvalue weighted by molar-refractivity contribution is 5.99. The van der Waals surface area contributed by atoms with Gasteiger partial charge in [0.25, 0.3) is 0 Å². The maximum absolute atomic E-state index is 15.5. The van der Waals surface area contributed by atoms with E-state index < -0.39 is 168 Å². The summed E-state index contributed by atoms with van der Waals surface area (Å²) in [7, 11) is 11.0. The van der Waals surface area contributed by atoms with E-state index in [-0.39, 0.29) is 75.0 Å². The quantitative estimate of drug-likeness (QED) is 0.143. The van der Waals surface area contributed by atoms with Gasteiger partial charge in [-0.1, -0.05) is 96.9 Å². The average molecular weight is 1290 g/mol. The number of carbonyl (C=O) groups is 13. The lowest BCUT2D eigenvalue weighted by atomic mass is 9.90. The standard InChI is InChI=1S/C65H115N11O15/c1-26-45-61(85)70(18)34-50(78)71(19)46(30-35(2)3)58(82)69-52(39(10)11)64(88)72(20)47(31-36(4)5)57(81)66-42(15)56(80)67-43(16)60(84)73(21)48(32-37(6)7)62(86)74(22)49(33-38(8)9)63(87)75(23)53(40(12)13)65(89)76(24)54(59(83)68-45)55(91-44(17)77)41(14)28-27-29-51(79)90-25/h35-43,45-49,52-55H,26-34H2,1-25H3,(H,66,81)(H,67,80)(H,68,83)(H,69,82)/t41-,42-,43+,45-,46+,47-,48+,49-,52-,53-,54+,55-/m1/s1. The minimum Gasteiger partial charge on any atom is -0.469 e. The molecule has 26 heteroatoms. The molecule has 0 saturated carbocycles. The number of esters is 2. The van der Waals surface area contributed by atoms with E-state index >= 15 is 19.2 Å². The van der Waals surface area contributed by atoms with E-state index in [2.05, 4.69) is 21.3 Å². The number of likely N-dealkylation sites (N-methyl/N-ethyl adjacent to an activating group) is 7. The summed E-state index contributed by atoms with van der Waals surface area (Å²) >= 11 is 0. The molecule has 0 aromatic rings. The van der Waals surface area contributed by atoms with Crippen LogP contribution in [-0.2, 0) is 71.8 Å². The van der Waals surface area contributed by atoms with Gasteiger partial charge in [-0.05, 0) is 100 Å². The lowest BCUT2D eigenvalue weighted by Gasteiger charge is -2.42. The Morgan fingerprint density at radius 2 is 0.912 bits per heavy atom. The van der Waals surface area contributed by atoms with Crippen LogP contribution in [0.4, 0.5) is 0 Å². The molecule has 11 amide bonds. The zero-order chi connectivity index (χ0) is 70.5. The van der Waals surface area contributed by atoms with E-state index in [1.807, 2.05) is 55.4 Å². The van der Waals surface area contributed by atoms with Crippen molar-refractivity contribution in [1.29, 1.82) is 0 Å². The second-order valence-electron chi connectivity index (χ2n) is 27.3. The molecule has 0 unspecified atom stereocenters. The SMILES string of the molecule is CC[C@H]1NC(=O)[C@H]([C@H](OC(C)=O)[C@H](C)CCCC(=O)OC)N(C)C(=O)[C@@H](C(C)C)N(C)C(=O)[C@@H](CC(C)C)N(C)C(=O)[C@H](CC(C)C)N(C)C(=O)[C@H](C)NC(=O)[C@@H](C)NC(=O)[C@@H](CC(C)C)N(C)C(=O)[C@@H](C(C)C)NC(=O)[C@H](CC(C)C)N(C)C(=O)CN(C)C1=O. The molecule has 0 aromatic carbocycles. The molecule has 12 atom stereocenters. The van der Waals surface area contributed by atoms with Crippen molar-refractivity contribution in [2.24, 2.45) is 41.4 Å². The van der Waals surface area contributed by atoms with E-state index in [1.165, 1.54) is 94.8 Å². The Morgan fingerprint density at radius 3 is 1.36 bits per heavy atom. The predicted molar refractivity (Wildman–Crippen MR) is 344 cm³/mol. The number of nitrogens with one attached hydrogen (secondary N) is 4. The van der Waals surface area contributed by atoms with Crippen LogP contribution in [0.15, 0.2) is 0 Å². The van der Waals surface area contributed by atoms with Gasteiger partial charge in [-0.25, -0.2) is 0 Å². The van der Waals surface area contributed by atoms with Gasteiger partial charge < -0.3 is 65.0 Å². The molecule has 0 radical (unpaired) electrons. The maximum Gasteiger partial charge on any atom is 0.305 e. The first-order valence-corrected chi connectivity index (χ1v) is 32.3. The van der Waals surface area contributed by atoms with Crippen LogP contribution < -0.4 is 21.3 Å². The molecule has 1 rings (SSSR count). The van der Waals surface area contributed by atoms with Gasteiger partial charge >= 0.3 is 11.9 Å². The third-order valence-electron chi connectivity index (χ3n) is 16.9. The highest BCUT2D eigenvalue weighted by Gasteiger charge is 2.47. The number of ether oxygens (including phenoxy) is 2. The molecular weight excluding hydrogens is 1170 g/mol. The van der Waals surface area contributed by atoms with Gasteiger partial charge in [0.15, 0.2) is 0 Å². The second kappa shape index (κ2) is 37.6. The van der Waals surface area contributed by atoms with E-state index in [4.69, 9.17) is 9.47 Å². The second-order valence-corrected chi connectivity index (χ2v) is 27.3. The fraction of sp³-hybridized carbons (Fsp3) is 0.800. The Balaban J connectivity index is 4.47. The first kappa shape index (κ1) is 82.1. The lowest BCUT2D eigenvalue weighted by molar-refractivity contribution is -0.164. The van der Waals surface area contributed by atoms with Crippen molar-refractivity contribution in [2.75, 3.05) is 63.0 Å². The Morgan fingerprint density at radius 1 is 0.484 bits per heavy atom. The molecule has 26 nitrogen and oxygen atoms in total. The molecule has 4 N–H and O–H groups in total. The third-order valence-corrected chi connectivity index (χ3v) is 16.9. The van der Waals surface area contributed by atoms with Gasteiger partial charge in [-0.2, -0.15) is 0 Å². The molecular formula is C65H115N11O15. The van der Waals surface area contributed by atoms with E-state index in [1.54, 1.807) is 41.5 Å². The number of rotatable bonds is 18. The maximum atomic E-state index is 15.5. The van der Waals surface area contributed by atoms with Crippen LogP contribution in [0.1, 0.15) is 169 Å². The van der Waals surface area contributed by atoms with Crippen molar-refractivity contribution in [2.45, 2.75) is 236 Å². The Bertz CT molecular complexity index is 2520. The Kier molecular flexibility index (Phi) is 33.9. The number of carbonyl (C=O) groups excluding carboxylic acids is 13. The zero-order valence-corrected chi connectivity index (χ0v) is 59.5. The van der Waals surface area contributed by atoms with Crippen LogP contribution in [0.2, 0.25) is 0 Å². The van der Waals surface area contributed by atoms with Crippen molar-refractivity contribution in [3.05, 3.63) is 0 Å². The fourth-order valence-electron chi connectivity index (χ4n) is 11.4. The summed E-state index contributed by atoms with van der Waals surface area (Å²) in [5, 5.41) is 11.0. The average Bonchev–Trinajstić information content (AvgIpc) is 0.823. The molecule has 1 heterocycles. The summed E-state index contributed by atoms with van der Waals surface area (Å²) in [5.74, 6) is -11.8. The van der Waals surface area contributed by atoms with Gasteiger partial charge in [0.2, 0.25) is 65.0 Å². The first-order valence-electron chi connectivity index (χ1n) is 32.3. The van der Waals surface area contributed by atoms with E-state index in [0.29, 0.717) is 0 Å². The molecule has 1 fully saturated rings. The van der Waals surface area contributed by atoms with Gasteiger partial charge in [-0.3, -0.25) is 62.3 Å². The van der Waals surface area contributed by atoms with Crippen molar-refractivity contribution >= 4 is 76.9 Å². The predicted octanol–water partition coefficient (Wildman–Crippen LogP) is 3.22. The van der Waals surface area contributed by atoms with Gasteiger partial charge in [0, 0.05) is 62.7 Å². The fourth-order valence-corrected chi connectivity index (χ4v) is 11.4. The monoisotopic (exact) mass is 1290 g/mol. The van der Waals surface area contributed by atoms with Crippen molar-refractivity contribution in [3.8, 4) is 0 Å². The number of methoxy groups -OCH3 is 1. The van der Waals surface area contributed by atoms with Gasteiger partial charge in [0.1, 0.15) is 66.5 Å². The zero-order valence-electron chi connectivity index (χ0n) is 59.5. The number of hydrogen-bond acceptors (Lipinski definition) is 15. The number of amides is 11. The molecule has 0 bridgehead atoms. The van der Waals surface area contributed by atoms with Crippen LogP contribution in [0.5, 0.6) is 0 Å². The summed E-state index contributed by atoms with van der Waals surface area (Å²) in [6, 6.07) is -12.8. The van der Waals surface area contributed by atoms with Crippen molar-refractivity contribution in [3.63, 3.8) is 0 Å².